The van der Waals surface area contributed by atoms with Crippen LogP contribution in [0.2, 0.25) is 0 Å². The highest BCUT2D eigenvalue weighted by Gasteiger charge is 1.88. The summed E-state index contributed by atoms with van der Waals surface area (Å²) in [5.74, 6) is 6.13. The van der Waals surface area contributed by atoms with E-state index in [-0.39, 0.29) is 6.42 Å². The molecule has 13 heavy (non-hydrogen) atoms. The minimum absolute atomic E-state index is 0.289. The van der Waals surface area contributed by atoms with Gasteiger partial charge in [0.15, 0.2) is 0 Å². The summed E-state index contributed by atoms with van der Waals surface area (Å²) in [5.41, 5.74) is 1.98. The fourth-order valence-electron chi connectivity index (χ4n) is 0.872. The van der Waals surface area contributed by atoms with Crippen molar-refractivity contribution < 1.29 is 4.79 Å². The maximum atomic E-state index is 9.98. The van der Waals surface area contributed by atoms with Crippen molar-refractivity contribution in [3.8, 4) is 11.8 Å². The van der Waals surface area contributed by atoms with Crippen molar-refractivity contribution in [2.75, 3.05) is 0 Å². The number of aldehydes is 1. The summed E-state index contributed by atoms with van der Waals surface area (Å²) in [6, 6.07) is 7.65. The molecule has 0 saturated carbocycles. The second-order valence-corrected chi connectivity index (χ2v) is 2.77. The second kappa shape index (κ2) is 5.40. The number of benzene rings is 1. The van der Waals surface area contributed by atoms with Crippen molar-refractivity contribution in [3.63, 3.8) is 0 Å². The highest BCUT2D eigenvalue weighted by atomic mass is 35.5. The Morgan fingerprint density at radius 3 is 2.54 bits per heavy atom. The molecule has 0 aliphatic heterocycles. The van der Waals surface area contributed by atoms with Gasteiger partial charge in [-0.05, 0) is 17.7 Å². The van der Waals surface area contributed by atoms with Crippen LogP contribution in [0.25, 0.3) is 0 Å². The molecule has 0 N–H and O–H groups in total. The van der Waals surface area contributed by atoms with Gasteiger partial charge < -0.3 is 4.79 Å². The topological polar surface area (TPSA) is 17.1 Å². The Morgan fingerprint density at radius 1 is 1.31 bits per heavy atom. The molecule has 0 bridgehead atoms. The number of rotatable bonds is 2. The monoisotopic (exact) mass is 192 g/mol. The number of carbonyl (C=O) groups excluding carboxylic acids is 1. The Labute approximate surface area is 82.7 Å². The molecule has 0 atom stereocenters. The fourth-order valence-corrected chi connectivity index (χ4v) is 1.05. The molecular weight excluding hydrogens is 184 g/mol. The average molecular weight is 193 g/mol. The van der Waals surface area contributed by atoms with Gasteiger partial charge in [0.05, 0.1) is 6.42 Å². The first-order valence-corrected chi connectivity index (χ1v) is 4.47. The smallest absolute Gasteiger partial charge is 0.131 e. The zero-order chi connectivity index (χ0) is 9.52. The molecule has 66 valence electrons. The molecule has 0 saturated heterocycles. The number of carbonyl (C=O) groups is 1. The van der Waals surface area contributed by atoms with Gasteiger partial charge in [0.1, 0.15) is 6.29 Å². The predicted molar refractivity (Wildman–Crippen MR) is 53.6 cm³/mol. The van der Waals surface area contributed by atoms with Crippen molar-refractivity contribution >= 4 is 17.9 Å². The van der Waals surface area contributed by atoms with Crippen LogP contribution in [-0.4, -0.2) is 6.29 Å². The highest BCUT2D eigenvalue weighted by molar-refractivity contribution is 6.17. The largest absolute Gasteiger partial charge is 0.302 e. The van der Waals surface area contributed by atoms with Crippen molar-refractivity contribution in [3.05, 3.63) is 35.4 Å². The van der Waals surface area contributed by atoms with Crippen LogP contribution < -0.4 is 0 Å². The van der Waals surface area contributed by atoms with Crippen LogP contribution in [0.4, 0.5) is 0 Å². The number of alkyl halides is 1. The van der Waals surface area contributed by atoms with Crippen LogP contribution in [-0.2, 0) is 10.7 Å². The van der Waals surface area contributed by atoms with E-state index >= 15 is 0 Å². The van der Waals surface area contributed by atoms with Gasteiger partial charge in [-0.1, -0.05) is 24.0 Å². The first kappa shape index (κ1) is 9.83. The third-order valence-corrected chi connectivity index (χ3v) is 1.83. The maximum Gasteiger partial charge on any atom is 0.131 e. The van der Waals surface area contributed by atoms with Crippen molar-refractivity contribution in [1.29, 1.82) is 0 Å². The molecule has 0 amide bonds. The normalized spacial score (nSPS) is 8.69. The lowest BCUT2D eigenvalue weighted by Crippen LogP contribution is -1.78. The molecule has 0 aromatic heterocycles. The van der Waals surface area contributed by atoms with E-state index in [1.807, 2.05) is 24.3 Å². The standard InChI is InChI=1S/C11H9ClO/c12-9-11-6-4-10(5-7-11)3-1-2-8-13/h4-8H,2,9H2. The van der Waals surface area contributed by atoms with Gasteiger partial charge >= 0.3 is 0 Å². The molecule has 0 heterocycles. The Hall–Kier alpha value is -1.26. The van der Waals surface area contributed by atoms with Crippen molar-refractivity contribution in [2.24, 2.45) is 0 Å². The Bertz CT molecular complexity index is 329. The third kappa shape index (κ3) is 3.31. The van der Waals surface area contributed by atoms with Crippen LogP contribution in [0.15, 0.2) is 24.3 Å². The summed E-state index contributed by atoms with van der Waals surface area (Å²) >= 11 is 5.62. The fraction of sp³-hybridized carbons (Fsp3) is 0.182. The molecule has 1 nitrogen and oxygen atoms in total. The SMILES string of the molecule is O=CCC#Cc1ccc(CCl)cc1. The van der Waals surface area contributed by atoms with Gasteiger partial charge in [0.25, 0.3) is 0 Å². The molecule has 0 radical (unpaired) electrons. The first-order valence-electron chi connectivity index (χ1n) is 3.94. The Kier molecular flexibility index (Phi) is 4.08. The number of hydrogen-bond donors (Lipinski definition) is 0. The maximum absolute atomic E-state index is 9.98. The van der Waals surface area contributed by atoms with Gasteiger partial charge in [0, 0.05) is 11.4 Å². The summed E-state index contributed by atoms with van der Waals surface area (Å²) in [4.78, 5) is 9.98. The third-order valence-electron chi connectivity index (χ3n) is 1.53. The highest BCUT2D eigenvalue weighted by Crippen LogP contribution is 2.05. The molecule has 1 aromatic carbocycles. The van der Waals surface area contributed by atoms with E-state index < -0.39 is 0 Å². The lowest BCUT2D eigenvalue weighted by atomic mass is 10.1. The lowest BCUT2D eigenvalue weighted by Gasteiger charge is -1.93. The minimum atomic E-state index is 0.289. The van der Waals surface area contributed by atoms with E-state index in [4.69, 9.17) is 11.6 Å². The van der Waals surface area contributed by atoms with Crippen LogP contribution in [0, 0.1) is 11.8 Å². The summed E-state index contributed by atoms with van der Waals surface area (Å²) in [6.07, 6.45) is 1.08. The molecule has 0 spiro atoms. The van der Waals surface area contributed by atoms with Gasteiger partial charge in [0.2, 0.25) is 0 Å². The first-order chi connectivity index (χ1) is 6.36. The number of halogens is 1. The van der Waals surface area contributed by atoms with Crippen LogP contribution in [0.3, 0.4) is 0 Å². The molecule has 0 unspecified atom stereocenters. The van der Waals surface area contributed by atoms with Gasteiger partial charge in [-0.25, -0.2) is 0 Å². The summed E-state index contributed by atoms with van der Waals surface area (Å²) in [6.45, 7) is 0. The predicted octanol–water partition coefficient (Wildman–Crippen LogP) is 2.37. The lowest BCUT2D eigenvalue weighted by molar-refractivity contribution is -0.107. The van der Waals surface area contributed by atoms with Crippen LogP contribution in [0.1, 0.15) is 17.5 Å². The van der Waals surface area contributed by atoms with Gasteiger partial charge in [-0.15, -0.1) is 11.6 Å². The van der Waals surface area contributed by atoms with E-state index in [2.05, 4.69) is 11.8 Å². The van der Waals surface area contributed by atoms with Crippen LogP contribution >= 0.6 is 11.6 Å². The van der Waals surface area contributed by atoms with Gasteiger partial charge in [-0.2, -0.15) is 0 Å². The van der Waals surface area contributed by atoms with Crippen molar-refractivity contribution in [1.82, 2.24) is 0 Å². The number of hydrogen-bond acceptors (Lipinski definition) is 1. The average Bonchev–Trinajstić information content (AvgIpc) is 2.19. The quantitative estimate of drug-likeness (QED) is 0.400. The Balaban J connectivity index is 2.70. The second-order valence-electron chi connectivity index (χ2n) is 2.50. The van der Waals surface area contributed by atoms with E-state index in [1.165, 1.54) is 0 Å². The van der Waals surface area contributed by atoms with Gasteiger partial charge in [-0.3, -0.25) is 0 Å². The summed E-state index contributed by atoms with van der Waals surface area (Å²) in [7, 11) is 0. The molecule has 0 fully saturated rings. The Morgan fingerprint density at radius 2 is 2.00 bits per heavy atom. The summed E-state index contributed by atoms with van der Waals surface area (Å²) in [5, 5.41) is 0. The molecule has 1 rings (SSSR count). The van der Waals surface area contributed by atoms with E-state index in [1.54, 1.807) is 0 Å². The van der Waals surface area contributed by atoms with E-state index in [0.29, 0.717) is 5.88 Å². The summed E-state index contributed by atoms with van der Waals surface area (Å²) < 4.78 is 0. The van der Waals surface area contributed by atoms with E-state index in [0.717, 1.165) is 17.4 Å². The minimum Gasteiger partial charge on any atom is -0.302 e. The molecule has 1 aromatic rings. The zero-order valence-corrected chi connectivity index (χ0v) is 7.84. The molecule has 0 aliphatic carbocycles. The molecule has 0 aliphatic rings. The zero-order valence-electron chi connectivity index (χ0n) is 7.09. The van der Waals surface area contributed by atoms with Crippen molar-refractivity contribution in [2.45, 2.75) is 12.3 Å². The van der Waals surface area contributed by atoms with Crippen LogP contribution in [0.5, 0.6) is 0 Å². The van der Waals surface area contributed by atoms with E-state index in [9.17, 15) is 4.79 Å². The molecular formula is C11H9ClO. The molecule has 2 heteroatoms.